The van der Waals surface area contributed by atoms with Gasteiger partial charge in [0.1, 0.15) is 0 Å². The standard InChI is InChI=1S/C13H29N.C5H12O6S/c1-3-4-5-6-7-8-9-10-11-12-13-14-2;1-9-12(7,8)11-5-4-10-3-2-6/h14H,3-13H2,1-2H3;6H,2-5H2,1H3. The van der Waals surface area contributed by atoms with Crippen LogP contribution < -0.4 is 5.32 Å². The Morgan fingerprint density at radius 1 is 0.846 bits per heavy atom. The molecule has 8 heteroatoms. The van der Waals surface area contributed by atoms with Crippen molar-refractivity contribution in [3.63, 3.8) is 0 Å². The summed E-state index contributed by atoms with van der Waals surface area (Å²) in [5.74, 6) is 0. The summed E-state index contributed by atoms with van der Waals surface area (Å²) in [6.45, 7) is 3.52. The molecule has 0 bridgehead atoms. The van der Waals surface area contributed by atoms with Crippen molar-refractivity contribution in [2.75, 3.05) is 47.1 Å². The smallest absolute Gasteiger partial charge is 0.394 e. The molecule has 0 spiro atoms. The van der Waals surface area contributed by atoms with Gasteiger partial charge in [0.05, 0.1) is 33.5 Å². The molecular formula is C18H41NO6S. The number of hydrogen-bond acceptors (Lipinski definition) is 7. The molecule has 0 aliphatic heterocycles. The van der Waals surface area contributed by atoms with Gasteiger partial charge in [0.2, 0.25) is 0 Å². The predicted molar refractivity (Wildman–Crippen MR) is 106 cm³/mol. The maximum Gasteiger partial charge on any atom is 0.399 e. The van der Waals surface area contributed by atoms with Crippen molar-refractivity contribution in [3.8, 4) is 0 Å². The summed E-state index contributed by atoms with van der Waals surface area (Å²) < 4.78 is 34.0. The van der Waals surface area contributed by atoms with Gasteiger partial charge in [-0.25, -0.2) is 4.18 Å². The van der Waals surface area contributed by atoms with Crippen molar-refractivity contribution in [1.29, 1.82) is 0 Å². The number of aliphatic hydroxyl groups is 1. The highest BCUT2D eigenvalue weighted by Crippen LogP contribution is 2.10. The summed E-state index contributed by atoms with van der Waals surface area (Å²) in [5, 5.41) is 11.5. The first-order valence-corrected chi connectivity index (χ1v) is 11.2. The minimum atomic E-state index is -3.85. The Balaban J connectivity index is 0. The van der Waals surface area contributed by atoms with E-state index >= 15 is 0 Å². The Bertz CT molecular complexity index is 340. The van der Waals surface area contributed by atoms with E-state index in [0.29, 0.717) is 0 Å². The average molecular weight is 400 g/mol. The van der Waals surface area contributed by atoms with Crippen LogP contribution in [0.2, 0.25) is 0 Å². The van der Waals surface area contributed by atoms with Crippen molar-refractivity contribution in [1.82, 2.24) is 5.32 Å². The van der Waals surface area contributed by atoms with E-state index in [1.54, 1.807) is 0 Å². The molecule has 0 amide bonds. The normalized spacial score (nSPS) is 11.2. The lowest BCUT2D eigenvalue weighted by Crippen LogP contribution is -2.13. The molecule has 0 aromatic carbocycles. The molecule has 0 aromatic heterocycles. The molecule has 0 saturated heterocycles. The van der Waals surface area contributed by atoms with Crippen LogP contribution in [0.25, 0.3) is 0 Å². The second-order valence-electron chi connectivity index (χ2n) is 6.02. The molecule has 0 aromatic rings. The average Bonchev–Trinajstić information content (AvgIpc) is 2.64. The van der Waals surface area contributed by atoms with Crippen molar-refractivity contribution in [2.45, 2.75) is 71.1 Å². The second-order valence-corrected chi connectivity index (χ2v) is 7.40. The topological polar surface area (TPSA) is 94.1 Å². The van der Waals surface area contributed by atoms with E-state index in [1.807, 2.05) is 7.05 Å². The molecule has 160 valence electrons. The molecular weight excluding hydrogens is 358 g/mol. The van der Waals surface area contributed by atoms with E-state index in [0.717, 1.165) is 7.11 Å². The van der Waals surface area contributed by atoms with Crippen molar-refractivity contribution < 1.29 is 26.6 Å². The van der Waals surface area contributed by atoms with Gasteiger partial charge >= 0.3 is 10.4 Å². The fourth-order valence-electron chi connectivity index (χ4n) is 2.20. The van der Waals surface area contributed by atoms with Gasteiger partial charge in [-0.1, -0.05) is 64.7 Å². The Labute approximate surface area is 161 Å². The summed E-state index contributed by atoms with van der Waals surface area (Å²) in [6.07, 6.45) is 14.3. The maximum absolute atomic E-state index is 10.5. The predicted octanol–water partition coefficient (Wildman–Crippen LogP) is 3.03. The zero-order chi connectivity index (χ0) is 19.9. The Morgan fingerprint density at radius 3 is 1.85 bits per heavy atom. The van der Waals surface area contributed by atoms with E-state index in [1.165, 1.54) is 70.8 Å². The Kier molecular flexibility index (Phi) is 24.5. The molecule has 0 saturated carbocycles. The van der Waals surface area contributed by atoms with Crippen LogP contribution in [0.3, 0.4) is 0 Å². The highest BCUT2D eigenvalue weighted by molar-refractivity contribution is 7.81. The molecule has 0 aliphatic rings. The number of unbranched alkanes of at least 4 members (excludes halogenated alkanes) is 9. The third kappa shape index (κ3) is 26.0. The van der Waals surface area contributed by atoms with Crippen LogP contribution in [0, 0.1) is 0 Å². The second kappa shape index (κ2) is 22.8. The third-order valence-corrected chi connectivity index (χ3v) is 4.54. The molecule has 0 radical (unpaired) electrons. The number of ether oxygens (including phenoxy) is 1. The minimum absolute atomic E-state index is 0.100. The Hall–Kier alpha value is -0.250. The van der Waals surface area contributed by atoms with Crippen molar-refractivity contribution in [3.05, 3.63) is 0 Å². The van der Waals surface area contributed by atoms with Crippen LogP contribution in [-0.2, 0) is 23.5 Å². The van der Waals surface area contributed by atoms with Gasteiger partial charge in [0, 0.05) is 0 Å². The summed E-state index contributed by atoms with van der Waals surface area (Å²) in [7, 11) is -0.810. The summed E-state index contributed by atoms with van der Waals surface area (Å²) in [6, 6.07) is 0. The summed E-state index contributed by atoms with van der Waals surface area (Å²) in [5.41, 5.74) is 0. The lowest BCUT2D eigenvalue weighted by atomic mass is 10.1. The molecule has 0 fully saturated rings. The maximum atomic E-state index is 10.5. The van der Waals surface area contributed by atoms with Gasteiger partial charge in [-0.15, -0.1) is 0 Å². The molecule has 0 atom stereocenters. The molecule has 0 heterocycles. The largest absolute Gasteiger partial charge is 0.399 e. The van der Waals surface area contributed by atoms with Gasteiger partial charge in [-0.3, -0.25) is 4.18 Å². The van der Waals surface area contributed by atoms with Crippen LogP contribution in [-0.4, -0.2) is 60.7 Å². The quantitative estimate of drug-likeness (QED) is 0.342. The van der Waals surface area contributed by atoms with Crippen LogP contribution >= 0.6 is 0 Å². The molecule has 7 nitrogen and oxygen atoms in total. The number of aliphatic hydroxyl groups excluding tert-OH is 1. The minimum Gasteiger partial charge on any atom is -0.394 e. The first-order chi connectivity index (χ1) is 12.5. The SMILES string of the molecule is CCCCCCCCCCCCNC.COS(=O)(=O)OCCOCCO. The van der Waals surface area contributed by atoms with Crippen molar-refractivity contribution >= 4 is 10.4 Å². The number of hydrogen-bond donors (Lipinski definition) is 2. The van der Waals surface area contributed by atoms with Gasteiger partial charge in [-0.2, -0.15) is 8.42 Å². The van der Waals surface area contributed by atoms with Gasteiger partial charge < -0.3 is 15.2 Å². The summed E-state index contributed by atoms with van der Waals surface area (Å²) in [4.78, 5) is 0. The molecule has 0 unspecified atom stereocenters. The fourth-order valence-corrected chi connectivity index (χ4v) is 2.57. The highest BCUT2D eigenvalue weighted by atomic mass is 32.3. The summed E-state index contributed by atoms with van der Waals surface area (Å²) >= 11 is 0. The van der Waals surface area contributed by atoms with E-state index in [-0.39, 0.29) is 26.4 Å². The molecule has 26 heavy (non-hydrogen) atoms. The lowest BCUT2D eigenvalue weighted by Gasteiger charge is -2.02. The van der Waals surface area contributed by atoms with Crippen LogP contribution in [0.4, 0.5) is 0 Å². The van der Waals surface area contributed by atoms with Gasteiger partial charge in [0.15, 0.2) is 0 Å². The number of rotatable bonds is 18. The molecule has 0 aliphatic carbocycles. The fraction of sp³-hybridized carbons (Fsp3) is 1.00. The van der Waals surface area contributed by atoms with E-state index in [2.05, 4.69) is 20.6 Å². The van der Waals surface area contributed by atoms with Crippen molar-refractivity contribution in [2.24, 2.45) is 0 Å². The highest BCUT2D eigenvalue weighted by Gasteiger charge is 2.07. The van der Waals surface area contributed by atoms with Crippen LogP contribution in [0.1, 0.15) is 71.1 Å². The molecule has 2 N–H and O–H groups in total. The Morgan fingerprint density at radius 2 is 1.38 bits per heavy atom. The lowest BCUT2D eigenvalue weighted by molar-refractivity contribution is 0.0681. The van der Waals surface area contributed by atoms with Crippen LogP contribution in [0.15, 0.2) is 0 Å². The monoisotopic (exact) mass is 399 g/mol. The third-order valence-electron chi connectivity index (χ3n) is 3.68. The van der Waals surface area contributed by atoms with E-state index in [4.69, 9.17) is 9.84 Å². The first-order valence-electron chi connectivity index (χ1n) is 9.82. The van der Waals surface area contributed by atoms with Gasteiger partial charge in [-0.05, 0) is 20.0 Å². The van der Waals surface area contributed by atoms with Gasteiger partial charge in [0.25, 0.3) is 0 Å². The zero-order valence-electron chi connectivity index (χ0n) is 17.0. The number of nitrogens with one attached hydrogen (secondary N) is 1. The van der Waals surface area contributed by atoms with Crippen LogP contribution in [0.5, 0.6) is 0 Å². The zero-order valence-corrected chi connectivity index (χ0v) is 17.8. The van der Waals surface area contributed by atoms with E-state index in [9.17, 15) is 8.42 Å². The van der Waals surface area contributed by atoms with E-state index < -0.39 is 10.4 Å². The molecule has 0 rings (SSSR count). The first kappa shape index (κ1) is 28.0.